The Balaban J connectivity index is 1.96. The molecule has 0 saturated heterocycles. The van der Waals surface area contributed by atoms with Crippen LogP contribution in [0, 0.1) is 6.92 Å². The summed E-state index contributed by atoms with van der Waals surface area (Å²) in [6.45, 7) is 1.78. The SMILES string of the molecule is COC(=O)c1ccc(NC(=O)N[C@@H]2CCCC[C@H]2O)cc1C. The van der Waals surface area contributed by atoms with Crippen LogP contribution in [0.5, 0.6) is 0 Å². The van der Waals surface area contributed by atoms with Gasteiger partial charge in [-0.1, -0.05) is 12.8 Å². The Morgan fingerprint density at radius 2 is 2.00 bits per heavy atom. The lowest BCUT2D eigenvalue weighted by Gasteiger charge is -2.28. The molecule has 2 rings (SSSR count). The number of nitrogens with one attached hydrogen (secondary N) is 2. The zero-order valence-corrected chi connectivity index (χ0v) is 12.9. The van der Waals surface area contributed by atoms with Crippen molar-refractivity contribution in [3.63, 3.8) is 0 Å². The minimum absolute atomic E-state index is 0.204. The van der Waals surface area contributed by atoms with Gasteiger partial charge in [0.2, 0.25) is 0 Å². The molecule has 120 valence electrons. The van der Waals surface area contributed by atoms with E-state index in [4.69, 9.17) is 0 Å². The number of carbonyl (C=O) groups excluding carboxylic acids is 2. The molecule has 6 heteroatoms. The maximum Gasteiger partial charge on any atom is 0.338 e. The van der Waals surface area contributed by atoms with E-state index in [0.29, 0.717) is 11.3 Å². The predicted octanol–water partition coefficient (Wildman–Crippen LogP) is 2.21. The van der Waals surface area contributed by atoms with Gasteiger partial charge in [0.15, 0.2) is 0 Å². The zero-order chi connectivity index (χ0) is 16.1. The van der Waals surface area contributed by atoms with Crippen LogP contribution in [0.4, 0.5) is 10.5 Å². The van der Waals surface area contributed by atoms with Gasteiger partial charge in [-0.05, 0) is 43.5 Å². The fourth-order valence-corrected chi connectivity index (χ4v) is 2.70. The van der Waals surface area contributed by atoms with Crippen molar-refractivity contribution >= 4 is 17.7 Å². The standard InChI is InChI=1S/C16H22N2O4/c1-10-9-11(7-8-12(10)15(20)22-2)17-16(21)18-13-5-3-4-6-14(13)19/h7-9,13-14,19H,3-6H2,1-2H3,(H2,17,18,21)/t13-,14-/m1/s1. The molecule has 2 amide bonds. The first-order valence-corrected chi connectivity index (χ1v) is 7.46. The molecule has 22 heavy (non-hydrogen) atoms. The number of ether oxygens (including phenoxy) is 1. The van der Waals surface area contributed by atoms with Gasteiger partial charge in [0, 0.05) is 5.69 Å². The average Bonchev–Trinajstić information content (AvgIpc) is 2.49. The molecular weight excluding hydrogens is 284 g/mol. The average molecular weight is 306 g/mol. The van der Waals surface area contributed by atoms with E-state index in [2.05, 4.69) is 15.4 Å². The van der Waals surface area contributed by atoms with Gasteiger partial charge in [0.05, 0.1) is 24.8 Å². The second-order valence-corrected chi connectivity index (χ2v) is 5.58. The van der Waals surface area contributed by atoms with Crippen LogP contribution in [0.15, 0.2) is 18.2 Å². The van der Waals surface area contributed by atoms with Crippen LogP contribution >= 0.6 is 0 Å². The first-order valence-electron chi connectivity index (χ1n) is 7.46. The van der Waals surface area contributed by atoms with E-state index < -0.39 is 12.1 Å². The summed E-state index contributed by atoms with van der Waals surface area (Å²) in [5.41, 5.74) is 1.78. The first kappa shape index (κ1) is 16.3. The van der Waals surface area contributed by atoms with Crippen LogP contribution in [-0.4, -0.2) is 36.4 Å². The number of hydrogen-bond donors (Lipinski definition) is 3. The topological polar surface area (TPSA) is 87.7 Å². The van der Waals surface area contributed by atoms with E-state index in [0.717, 1.165) is 31.2 Å². The lowest BCUT2D eigenvalue weighted by atomic mass is 9.93. The van der Waals surface area contributed by atoms with Crippen molar-refractivity contribution in [2.75, 3.05) is 12.4 Å². The smallest absolute Gasteiger partial charge is 0.338 e. The van der Waals surface area contributed by atoms with E-state index >= 15 is 0 Å². The molecule has 2 atom stereocenters. The highest BCUT2D eigenvalue weighted by atomic mass is 16.5. The van der Waals surface area contributed by atoms with E-state index in [9.17, 15) is 14.7 Å². The molecule has 0 spiro atoms. The lowest BCUT2D eigenvalue weighted by molar-refractivity contribution is 0.0600. The predicted molar refractivity (Wildman–Crippen MR) is 82.9 cm³/mol. The Morgan fingerprint density at radius 1 is 1.27 bits per heavy atom. The molecule has 0 heterocycles. The van der Waals surface area contributed by atoms with Crippen molar-refractivity contribution in [1.29, 1.82) is 0 Å². The number of amides is 2. The molecule has 0 unspecified atom stereocenters. The Labute approximate surface area is 129 Å². The number of urea groups is 1. The number of benzene rings is 1. The molecule has 1 aliphatic rings. The second kappa shape index (κ2) is 7.26. The maximum atomic E-state index is 12.0. The van der Waals surface area contributed by atoms with Crippen molar-refractivity contribution in [3.05, 3.63) is 29.3 Å². The third kappa shape index (κ3) is 3.98. The monoisotopic (exact) mass is 306 g/mol. The lowest BCUT2D eigenvalue weighted by Crippen LogP contribution is -2.46. The number of aliphatic hydroxyl groups excluding tert-OH is 1. The number of aliphatic hydroxyl groups is 1. The summed E-state index contributed by atoms with van der Waals surface area (Å²) >= 11 is 0. The Hall–Kier alpha value is -2.08. The minimum Gasteiger partial charge on any atom is -0.465 e. The number of anilines is 1. The highest BCUT2D eigenvalue weighted by Gasteiger charge is 2.24. The van der Waals surface area contributed by atoms with Crippen molar-refractivity contribution in [1.82, 2.24) is 5.32 Å². The van der Waals surface area contributed by atoms with Crippen LogP contribution in [-0.2, 0) is 4.74 Å². The number of methoxy groups -OCH3 is 1. The molecule has 1 aromatic carbocycles. The Bertz CT molecular complexity index is 559. The van der Waals surface area contributed by atoms with E-state index in [-0.39, 0.29) is 12.1 Å². The molecular formula is C16H22N2O4. The minimum atomic E-state index is -0.483. The fraction of sp³-hybridized carbons (Fsp3) is 0.500. The molecule has 0 bridgehead atoms. The summed E-state index contributed by atoms with van der Waals surface area (Å²) in [7, 11) is 1.33. The van der Waals surface area contributed by atoms with Gasteiger partial charge >= 0.3 is 12.0 Å². The molecule has 0 radical (unpaired) electrons. The zero-order valence-electron chi connectivity index (χ0n) is 12.9. The number of aryl methyl sites for hydroxylation is 1. The van der Waals surface area contributed by atoms with Gasteiger partial charge in [-0.25, -0.2) is 9.59 Å². The highest BCUT2D eigenvalue weighted by Crippen LogP contribution is 2.19. The second-order valence-electron chi connectivity index (χ2n) is 5.58. The summed E-state index contributed by atoms with van der Waals surface area (Å²) in [6, 6.07) is 4.42. The third-order valence-corrected chi connectivity index (χ3v) is 3.94. The summed E-state index contributed by atoms with van der Waals surface area (Å²) in [5.74, 6) is -0.404. The van der Waals surface area contributed by atoms with Crippen LogP contribution < -0.4 is 10.6 Å². The van der Waals surface area contributed by atoms with E-state index in [1.165, 1.54) is 7.11 Å². The third-order valence-electron chi connectivity index (χ3n) is 3.94. The van der Waals surface area contributed by atoms with Crippen LogP contribution in [0.2, 0.25) is 0 Å². The number of carbonyl (C=O) groups is 2. The highest BCUT2D eigenvalue weighted by molar-refractivity contribution is 5.93. The van der Waals surface area contributed by atoms with Crippen molar-refractivity contribution in [2.24, 2.45) is 0 Å². The molecule has 0 aromatic heterocycles. The maximum absolute atomic E-state index is 12.0. The van der Waals surface area contributed by atoms with Crippen molar-refractivity contribution in [2.45, 2.75) is 44.8 Å². The van der Waals surface area contributed by atoms with Gasteiger partial charge in [0.1, 0.15) is 0 Å². The Morgan fingerprint density at radius 3 is 2.64 bits per heavy atom. The van der Waals surface area contributed by atoms with Gasteiger partial charge < -0.3 is 20.5 Å². The molecule has 3 N–H and O–H groups in total. The van der Waals surface area contributed by atoms with Gasteiger partial charge in [-0.15, -0.1) is 0 Å². The van der Waals surface area contributed by atoms with Crippen molar-refractivity contribution in [3.8, 4) is 0 Å². The van der Waals surface area contributed by atoms with Gasteiger partial charge in [-0.2, -0.15) is 0 Å². The van der Waals surface area contributed by atoms with Crippen LogP contribution in [0.1, 0.15) is 41.6 Å². The molecule has 6 nitrogen and oxygen atoms in total. The first-order chi connectivity index (χ1) is 10.5. The number of esters is 1. The summed E-state index contributed by atoms with van der Waals surface area (Å²) in [4.78, 5) is 23.5. The van der Waals surface area contributed by atoms with Gasteiger partial charge in [-0.3, -0.25) is 0 Å². The fourth-order valence-electron chi connectivity index (χ4n) is 2.70. The van der Waals surface area contributed by atoms with Gasteiger partial charge in [0.25, 0.3) is 0 Å². The molecule has 1 aromatic rings. The number of rotatable bonds is 3. The number of hydrogen-bond acceptors (Lipinski definition) is 4. The summed E-state index contributed by atoms with van der Waals surface area (Å²) in [6.07, 6.45) is 3.03. The largest absolute Gasteiger partial charge is 0.465 e. The van der Waals surface area contributed by atoms with Crippen molar-refractivity contribution < 1.29 is 19.4 Å². The van der Waals surface area contributed by atoms with Crippen LogP contribution in [0.3, 0.4) is 0 Å². The summed E-state index contributed by atoms with van der Waals surface area (Å²) in [5, 5.41) is 15.4. The molecule has 1 aliphatic carbocycles. The Kier molecular flexibility index (Phi) is 5.38. The molecule has 0 aliphatic heterocycles. The van der Waals surface area contributed by atoms with E-state index in [1.54, 1.807) is 25.1 Å². The quantitative estimate of drug-likeness (QED) is 0.747. The van der Waals surface area contributed by atoms with E-state index in [1.807, 2.05) is 0 Å². The molecule has 1 saturated carbocycles. The normalized spacial score (nSPS) is 21.0. The van der Waals surface area contributed by atoms with Crippen LogP contribution in [0.25, 0.3) is 0 Å². The molecule has 1 fully saturated rings. The summed E-state index contributed by atoms with van der Waals surface area (Å²) < 4.78 is 4.68.